The van der Waals surface area contributed by atoms with Crippen molar-refractivity contribution in [2.75, 3.05) is 13.2 Å². The van der Waals surface area contributed by atoms with E-state index in [-0.39, 0.29) is 25.5 Å². The highest BCUT2D eigenvalue weighted by molar-refractivity contribution is 6.01. The molecule has 2 N–H and O–H groups in total. The SMILES string of the molecule is [N-]=[N+]=NCc1ccccc1[C@H]1OC(c2ccc(OCCCO)cc2)=N[C@@]1(Cc1ccccc1)C(=O)NCc1ccccc1. The smallest absolute Gasteiger partial charge is 0.252 e. The van der Waals surface area contributed by atoms with Crippen LogP contribution in [0.25, 0.3) is 10.4 Å². The van der Waals surface area contributed by atoms with Crippen molar-refractivity contribution in [2.24, 2.45) is 10.1 Å². The molecule has 1 aliphatic heterocycles. The first-order chi connectivity index (χ1) is 21.1. The molecule has 0 saturated carbocycles. The molecule has 4 aromatic carbocycles. The number of carbonyl (C=O) groups excluding carboxylic acids is 1. The Morgan fingerprint density at radius 2 is 1.63 bits per heavy atom. The number of rotatable bonds is 13. The third kappa shape index (κ3) is 7.04. The van der Waals surface area contributed by atoms with Crippen LogP contribution in [0.1, 0.15) is 40.3 Å². The van der Waals surface area contributed by atoms with E-state index in [1.165, 1.54) is 0 Å². The van der Waals surface area contributed by atoms with Crippen molar-refractivity contribution in [1.29, 1.82) is 0 Å². The van der Waals surface area contributed by atoms with Crippen molar-refractivity contribution in [3.05, 3.63) is 147 Å². The summed E-state index contributed by atoms with van der Waals surface area (Å²) in [7, 11) is 0. The summed E-state index contributed by atoms with van der Waals surface area (Å²) in [5.74, 6) is 0.710. The molecule has 43 heavy (non-hydrogen) atoms. The summed E-state index contributed by atoms with van der Waals surface area (Å²) in [5.41, 5.74) is 11.7. The van der Waals surface area contributed by atoms with Crippen LogP contribution in [0.4, 0.5) is 0 Å². The first-order valence-electron chi connectivity index (χ1n) is 14.2. The van der Waals surface area contributed by atoms with Crippen molar-refractivity contribution in [3.8, 4) is 5.75 Å². The standard InChI is InChI=1S/C34H33N5O4/c35-39-37-24-28-14-7-8-15-30(28)31-34(22-25-10-3-1-4-11-25,33(41)36-23-26-12-5-2-6-13-26)38-32(43-31)27-16-18-29(19-17-27)42-21-9-20-40/h1-8,10-19,31,40H,9,20-24H2,(H,36,41)/t31-,34-/m1/s1. The third-order valence-corrected chi connectivity index (χ3v) is 7.28. The molecule has 2 atom stereocenters. The molecule has 9 nitrogen and oxygen atoms in total. The monoisotopic (exact) mass is 575 g/mol. The van der Waals surface area contributed by atoms with Gasteiger partial charge in [-0.2, -0.15) is 0 Å². The Labute approximate surface area is 250 Å². The Hall–Kier alpha value is -5.11. The molecular weight excluding hydrogens is 542 g/mol. The van der Waals surface area contributed by atoms with Gasteiger partial charge in [0.2, 0.25) is 5.90 Å². The fourth-order valence-corrected chi connectivity index (χ4v) is 5.14. The number of carbonyl (C=O) groups is 1. The molecule has 1 heterocycles. The second-order valence-electron chi connectivity index (χ2n) is 10.2. The summed E-state index contributed by atoms with van der Waals surface area (Å²) in [5, 5.41) is 16.0. The average Bonchev–Trinajstić information content (AvgIpc) is 3.44. The highest BCUT2D eigenvalue weighted by Gasteiger charge is 2.53. The summed E-state index contributed by atoms with van der Waals surface area (Å²) < 4.78 is 12.3. The molecule has 0 unspecified atom stereocenters. The predicted molar refractivity (Wildman–Crippen MR) is 164 cm³/mol. The summed E-state index contributed by atoms with van der Waals surface area (Å²) in [4.78, 5) is 22.4. The van der Waals surface area contributed by atoms with E-state index in [1.54, 1.807) is 0 Å². The maximum atomic E-state index is 14.4. The molecule has 9 heteroatoms. The van der Waals surface area contributed by atoms with Gasteiger partial charge in [0.1, 0.15) is 5.75 Å². The van der Waals surface area contributed by atoms with E-state index in [0.29, 0.717) is 36.8 Å². The number of nitrogens with one attached hydrogen (secondary N) is 1. The Bertz CT molecular complexity index is 1590. The number of hydrogen-bond acceptors (Lipinski definition) is 6. The normalized spacial score (nSPS) is 17.3. The minimum Gasteiger partial charge on any atom is -0.494 e. The zero-order chi connectivity index (χ0) is 29.9. The molecule has 0 saturated heterocycles. The van der Waals surface area contributed by atoms with Crippen molar-refractivity contribution in [2.45, 2.75) is 37.6 Å². The summed E-state index contributed by atoms with van der Waals surface area (Å²) in [6, 6.07) is 34.3. The van der Waals surface area contributed by atoms with Gasteiger partial charge in [0, 0.05) is 36.5 Å². The number of benzene rings is 4. The summed E-state index contributed by atoms with van der Waals surface area (Å²) in [6.45, 7) is 0.892. The molecule has 1 amide bonds. The van der Waals surface area contributed by atoms with E-state index in [0.717, 1.165) is 22.3 Å². The number of ether oxygens (including phenoxy) is 2. The number of aliphatic hydroxyl groups is 1. The van der Waals surface area contributed by atoms with Crippen molar-refractivity contribution >= 4 is 11.8 Å². The lowest BCUT2D eigenvalue weighted by atomic mass is 9.80. The van der Waals surface area contributed by atoms with Crippen LogP contribution in [-0.4, -0.2) is 35.7 Å². The van der Waals surface area contributed by atoms with E-state index >= 15 is 0 Å². The topological polar surface area (TPSA) is 129 Å². The van der Waals surface area contributed by atoms with Gasteiger partial charge >= 0.3 is 0 Å². The van der Waals surface area contributed by atoms with E-state index in [2.05, 4.69) is 15.3 Å². The van der Waals surface area contributed by atoms with Crippen LogP contribution < -0.4 is 10.1 Å². The highest BCUT2D eigenvalue weighted by Crippen LogP contribution is 2.44. The maximum Gasteiger partial charge on any atom is 0.252 e. The molecule has 0 aliphatic carbocycles. The van der Waals surface area contributed by atoms with Gasteiger partial charge in [-0.3, -0.25) is 4.79 Å². The van der Waals surface area contributed by atoms with E-state index in [9.17, 15) is 4.79 Å². The average molecular weight is 576 g/mol. The fraction of sp³-hybridized carbons (Fsp3) is 0.235. The first kappa shape index (κ1) is 29.4. The Morgan fingerprint density at radius 1 is 0.953 bits per heavy atom. The fourth-order valence-electron chi connectivity index (χ4n) is 5.14. The van der Waals surface area contributed by atoms with E-state index in [1.807, 2.05) is 109 Å². The zero-order valence-corrected chi connectivity index (χ0v) is 23.7. The molecule has 1 aliphatic rings. The molecule has 0 radical (unpaired) electrons. The van der Waals surface area contributed by atoms with Gasteiger partial charge in [0.25, 0.3) is 5.91 Å². The molecule has 0 aromatic heterocycles. The van der Waals surface area contributed by atoms with Crippen LogP contribution >= 0.6 is 0 Å². The number of aliphatic hydroxyl groups excluding tert-OH is 1. The Kier molecular flexibility index (Phi) is 9.69. The lowest BCUT2D eigenvalue weighted by Crippen LogP contribution is -2.49. The van der Waals surface area contributed by atoms with Gasteiger partial charge in [-0.05, 0) is 52.1 Å². The lowest BCUT2D eigenvalue weighted by molar-refractivity contribution is -0.129. The zero-order valence-electron chi connectivity index (χ0n) is 23.7. The molecule has 218 valence electrons. The largest absolute Gasteiger partial charge is 0.494 e. The van der Waals surface area contributed by atoms with Crippen molar-refractivity contribution in [3.63, 3.8) is 0 Å². The number of hydrogen-bond donors (Lipinski definition) is 2. The summed E-state index contributed by atoms with van der Waals surface area (Å²) >= 11 is 0. The number of azide groups is 1. The van der Waals surface area contributed by atoms with Crippen LogP contribution in [-0.2, 0) is 29.0 Å². The van der Waals surface area contributed by atoms with Crippen LogP contribution in [0.5, 0.6) is 5.75 Å². The Morgan fingerprint density at radius 3 is 2.33 bits per heavy atom. The van der Waals surface area contributed by atoms with Crippen LogP contribution in [0, 0.1) is 0 Å². The minimum absolute atomic E-state index is 0.0567. The molecule has 0 fully saturated rings. The molecule has 0 bridgehead atoms. The van der Waals surface area contributed by atoms with Crippen LogP contribution in [0.2, 0.25) is 0 Å². The van der Waals surface area contributed by atoms with Gasteiger partial charge in [0.15, 0.2) is 11.6 Å². The summed E-state index contributed by atoms with van der Waals surface area (Å²) in [6.07, 6.45) is 0.0131. The minimum atomic E-state index is -1.37. The Balaban J connectivity index is 1.58. The van der Waals surface area contributed by atoms with Crippen LogP contribution in [0.15, 0.2) is 119 Å². The highest BCUT2D eigenvalue weighted by atomic mass is 16.5. The van der Waals surface area contributed by atoms with Gasteiger partial charge < -0.3 is 19.9 Å². The number of amides is 1. The van der Waals surface area contributed by atoms with Gasteiger partial charge in [0.05, 0.1) is 13.2 Å². The molecule has 0 spiro atoms. The van der Waals surface area contributed by atoms with Gasteiger partial charge in [-0.15, -0.1) is 0 Å². The quantitative estimate of drug-likeness (QED) is 0.0867. The molecular formula is C34H33N5O4. The third-order valence-electron chi connectivity index (χ3n) is 7.28. The molecule has 5 rings (SSSR count). The molecule has 4 aromatic rings. The van der Waals surface area contributed by atoms with E-state index in [4.69, 9.17) is 25.1 Å². The maximum absolute atomic E-state index is 14.4. The second kappa shape index (κ2) is 14.2. The van der Waals surface area contributed by atoms with Crippen molar-refractivity contribution in [1.82, 2.24) is 5.32 Å². The first-order valence-corrected chi connectivity index (χ1v) is 14.2. The number of nitrogens with zero attached hydrogens (tertiary/aromatic N) is 4. The van der Waals surface area contributed by atoms with Crippen molar-refractivity contribution < 1.29 is 19.4 Å². The van der Waals surface area contributed by atoms with E-state index < -0.39 is 11.6 Å². The number of aliphatic imine (C=N–C) groups is 1. The second-order valence-corrected chi connectivity index (χ2v) is 10.2. The lowest BCUT2D eigenvalue weighted by Gasteiger charge is -2.32. The predicted octanol–water partition coefficient (Wildman–Crippen LogP) is 6.07. The van der Waals surface area contributed by atoms with Gasteiger partial charge in [-0.1, -0.05) is 90.0 Å². The van der Waals surface area contributed by atoms with Crippen LogP contribution in [0.3, 0.4) is 0 Å². The van der Waals surface area contributed by atoms with Gasteiger partial charge in [-0.25, -0.2) is 4.99 Å².